The molecule has 0 heterocycles. The zero-order valence-electron chi connectivity index (χ0n) is 37.9. The highest BCUT2D eigenvalue weighted by atomic mass is 16.6. The van der Waals surface area contributed by atoms with Crippen LogP contribution in [0.25, 0.3) is 0 Å². The molecule has 6 heteroatoms. The van der Waals surface area contributed by atoms with Gasteiger partial charge in [0.15, 0.2) is 6.10 Å². The molecule has 0 saturated heterocycles. The van der Waals surface area contributed by atoms with E-state index in [2.05, 4.69) is 57.2 Å². The SMILES string of the molecule is CC/C=C\C/C=C\C/C=C\CCCC(=O)OC(COC(=O)CCCCCCCCCCCC)COC(=O)CCCCCCCCCCCCCCCCCCCC. The van der Waals surface area contributed by atoms with Crippen molar-refractivity contribution in [3.8, 4) is 0 Å². The monoisotopic (exact) mass is 801 g/mol. The van der Waals surface area contributed by atoms with Crippen LogP contribution >= 0.6 is 0 Å². The Morgan fingerprint density at radius 1 is 0.368 bits per heavy atom. The predicted molar refractivity (Wildman–Crippen MR) is 242 cm³/mol. The first-order valence-corrected chi connectivity index (χ1v) is 24.5. The number of unbranched alkanes of at least 4 members (excludes halogenated alkanes) is 27. The summed E-state index contributed by atoms with van der Waals surface area (Å²) in [6.07, 6.45) is 52.9. The van der Waals surface area contributed by atoms with Gasteiger partial charge in [-0.2, -0.15) is 0 Å². The van der Waals surface area contributed by atoms with Crippen molar-refractivity contribution in [2.24, 2.45) is 0 Å². The van der Waals surface area contributed by atoms with E-state index in [9.17, 15) is 14.4 Å². The molecule has 0 rings (SSSR count). The van der Waals surface area contributed by atoms with E-state index in [4.69, 9.17) is 14.2 Å². The lowest BCUT2D eigenvalue weighted by Gasteiger charge is -2.18. The second-order valence-electron chi connectivity index (χ2n) is 16.4. The molecular weight excluding hydrogens is 709 g/mol. The smallest absolute Gasteiger partial charge is 0.306 e. The van der Waals surface area contributed by atoms with Crippen molar-refractivity contribution in [3.05, 3.63) is 36.5 Å². The average molecular weight is 801 g/mol. The summed E-state index contributed by atoms with van der Waals surface area (Å²) in [7, 11) is 0. The van der Waals surface area contributed by atoms with E-state index in [1.165, 1.54) is 141 Å². The lowest BCUT2D eigenvalue weighted by Crippen LogP contribution is -2.30. The summed E-state index contributed by atoms with van der Waals surface area (Å²) in [6.45, 7) is 6.48. The maximum Gasteiger partial charge on any atom is 0.306 e. The molecule has 0 aliphatic heterocycles. The van der Waals surface area contributed by atoms with Gasteiger partial charge >= 0.3 is 17.9 Å². The molecule has 1 unspecified atom stereocenters. The minimum absolute atomic E-state index is 0.0885. The van der Waals surface area contributed by atoms with E-state index in [-0.39, 0.29) is 37.5 Å². The number of hydrogen-bond donors (Lipinski definition) is 0. The summed E-state index contributed by atoms with van der Waals surface area (Å²) in [5, 5.41) is 0. The van der Waals surface area contributed by atoms with Gasteiger partial charge in [0.25, 0.3) is 0 Å². The van der Waals surface area contributed by atoms with Crippen molar-refractivity contribution >= 4 is 17.9 Å². The molecular formula is C51H92O6. The summed E-state index contributed by atoms with van der Waals surface area (Å²) in [5.74, 6) is -0.938. The minimum Gasteiger partial charge on any atom is -0.462 e. The van der Waals surface area contributed by atoms with Crippen LogP contribution in [-0.2, 0) is 28.6 Å². The molecule has 0 aromatic rings. The summed E-state index contributed by atoms with van der Waals surface area (Å²) in [5.41, 5.74) is 0. The predicted octanol–water partition coefficient (Wildman–Crippen LogP) is 15.8. The highest BCUT2D eigenvalue weighted by Crippen LogP contribution is 2.16. The molecule has 1 atom stereocenters. The molecule has 0 bridgehead atoms. The Bertz CT molecular complexity index is 969. The Balaban J connectivity index is 4.30. The molecule has 0 radical (unpaired) electrons. The lowest BCUT2D eigenvalue weighted by molar-refractivity contribution is -0.167. The molecule has 0 aliphatic rings. The van der Waals surface area contributed by atoms with E-state index in [1.54, 1.807) is 0 Å². The van der Waals surface area contributed by atoms with Gasteiger partial charge in [-0.1, -0.05) is 224 Å². The van der Waals surface area contributed by atoms with Crippen molar-refractivity contribution in [1.29, 1.82) is 0 Å². The van der Waals surface area contributed by atoms with Crippen LogP contribution in [0.1, 0.15) is 252 Å². The molecule has 0 aromatic heterocycles. The number of carbonyl (C=O) groups is 3. The van der Waals surface area contributed by atoms with E-state index in [1.807, 2.05) is 0 Å². The van der Waals surface area contributed by atoms with Crippen LogP contribution < -0.4 is 0 Å². The van der Waals surface area contributed by atoms with Gasteiger partial charge in [-0.25, -0.2) is 0 Å². The van der Waals surface area contributed by atoms with Crippen LogP contribution in [0.3, 0.4) is 0 Å². The van der Waals surface area contributed by atoms with E-state index < -0.39 is 6.10 Å². The van der Waals surface area contributed by atoms with Gasteiger partial charge in [-0.05, 0) is 44.9 Å². The molecule has 0 aliphatic carbocycles. The fourth-order valence-corrected chi connectivity index (χ4v) is 7.00. The fourth-order valence-electron chi connectivity index (χ4n) is 7.00. The van der Waals surface area contributed by atoms with Gasteiger partial charge in [-0.15, -0.1) is 0 Å². The average Bonchev–Trinajstić information content (AvgIpc) is 3.21. The Kier molecular flexibility index (Phi) is 44.4. The number of hydrogen-bond acceptors (Lipinski definition) is 6. The van der Waals surface area contributed by atoms with Gasteiger partial charge < -0.3 is 14.2 Å². The zero-order valence-corrected chi connectivity index (χ0v) is 37.9. The normalized spacial score (nSPS) is 12.3. The van der Waals surface area contributed by atoms with Crippen LogP contribution in [0.4, 0.5) is 0 Å². The van der Waals surface area contributed by atoms with Crippen LogP contribution in [0.15, 0.2) is 36.5 Å². The maximum absolute atomic E-state index is 12.7. The first-order valence-electron chi connectivity index (χ1n) is 24.5. The topological polar surface area (TPSA) is 78.9 Å². The molecule has 0 N–H and O–H groups in total. The Hall–Kier alpha value is -2.37. The number of ether oxygens (including phenoxy) is 3. The van der Waals surface area contributed by atoms with Crippen molar-refractivity contribution < 1.29 is 28.6 Å². The van der Waals surface area contributed by atoms with Crippen LogP contribution in [0.5, 0.6) is 0 Å². The molecule has 0 spiro atoms. The van der Waals surface area contributed by atoms with E-state index in [0.29, 0.717) is 19.3 Å². The summed E-state index contributed by atoms with van der Waals surface area (Å²) >= 11 is 0. The standard InChI is InChI=1S/C51H92O6/c1-4-7-10-13-16-19-22-23-24-25-26-27-28-30-32-35-38-41-44-50(53)56-47-48(46-55-49(52)43-40-37-34-31-21-18-15-12-9-6-3)57-51(54)45-42-39-36-33-29-20-17-14-11-8-5-2/h8,11,17,20,33,36,48H,4-7,9-10,12-16,18-19,21-32,34-35,37-47H2,1-3H3/b11-8-,20-17-,36-33-. The highest BCUT2D eigenvalue weighted by Gasteiger charge is 2.19. The third kappa shape index (κ3) is 44.6. The number of carbonyl (C=O) groups excluding carboxylic acids is 3. The molecule has 6 nitrogen and oxygen atoms in total. The van der Waals surface area contributed by atoms with Crippen LogP contribution in [0, 0.1) is 0 Å². The Labute approximate surface area is 353 Å². The quantitative estimate of drug-likeness (QED) is 0.0264. The molecule has 0 fully saturated rings. The van der Waals surface area contributed by atoms with Crippen molar-refractivity contribution in [2.45, 2.75) is 258 Å². The van der Waals surface area contributed by atoms with Crippen molar-refractivity contribution in [1.82, 2.24) is 0 Å². The molecule has 0 saturated carbocycles. The van der Waals surface area contributed by atoms with Gasteiger partial charge in [0.05, 0.1) is 0 Å². The minimum atomic E-state index is -0.791. The van der Waals surface area contributed by atoms with Gasteiger partial charge in [-0.3, -0.25) is 14.4 Å². The van der Waals surface area contributed by atoms with Gasteiger partial charge in [0.2, 0.25) is 0 Å². The van der Waals surface area contributed by atoms with Gasteiger partial charge in [0, 0.05) is 19.3 Å². The summed E-state index contributed by atoms with van der Waals surface area (Å²) in [6, 6.07) is 0. The first kappa shape index (κ1) is 54.6. The molecule has 332 valence electrons. The Morgan fingerprint density at radius 2 is 0.684 bits per heavy atom. The zero-order chi connectivity index (χ0) is 41.5. The third-order valence-electron chi connectivity index (χ3n) is 10.7. The van der Waals surface area contributed by atoms with Crippen LogP contribution in [-0.4, -0.2) is 37.2 Å². The fraction of sp³-hybridized carbons (Fsp3) is 0.824. The largest absolute Gasteiger partial charge is 0.462 e. The Morgan fingerprint density at radius 3 is 1.05 bits per heavy atom. The third-order valence-corrected chi connectivity index (χ3v) is 10.7. The second kappa shape index (κ2) is 46.3. The van der Waals surface area contributed by atoms with Gasteiger partial charge in [0.1, 0.15) is 13.2 Å². The number of esters is 3. The molecule has 0 amide bonds. The van der Waals surface area contributed by atoms with Crippen molar-refractivity contribution in [3.63, 3.8) is 0 Å². The van der Waals surface area contributed by atoms with Crippen LogP contribution in [0.2, 0.25) is 0 Å². The highest BCUT2D eigenvalue weighted by molar-refractivity contribution is 5.71. The number of allylic oxidation sites excluding steroid dienone is 6. The van der Waals surface area contributed by atoms with E-state index >= 15 is 0 Å². The maximum atomic E-state index is 12.7. The molecule has 0 aromatic carbocycles. The summed E-state index contributed by atoms with van der Waals surface area (Å²) < 4.78 is 16.7. The molecule has 57 heavy (non-hydrogen) atoms. The first-order chi connectivity index (χ1) is 28.0. The van der Waals surface area contributed by atoms with E-state index in [0.717, 1.165) is 64.2 Å². The van der Waals surface area contributed by atoms with Crippen molar-refractivity contribution in [2.75, 3.05) is 13.2 Å². The lowest BCUT2D eigenvalue weighted by atomic mass is 10.0. The number of rotatable bonds is 44. The second-order valence-corrected chi connectivity index (χ2v) is 16.4. The summed E-state index contributed by atoms with van der Waals surface area (Å²) in [4.78, 5) is 37.7.